The molecule has 23 heavy (non-hydrogen) atoms. The second-order valence-electron chi connectivity index (χ2n) is 6.10. The standard InChI is InChI=1S/C17H26N2O2S2/c1-4-21-16(20)14-12-9-7-5-6-8-10-13(12)23-15(14)19-17(22)18-11(2)3/h11H,4-10H2,1-3H3,(H2,18,19,22). The molecule has 1 heterocycles. The summed E-state index contributed by atoms with van der Waals surface area (Å²) >= 11 is 7.00. The number of anilines is 1. The maximum absolute atomic E-state index is 12.5. The number of carbonyl (C=O) groups is 1. The molecule has 2 rings (SSSR count). The molecule has 0 unspecified atom stereocenters. The lowest BCUT2D eigenvalue weighted by Gasteiger charge is -2.14. The van der Waals surface area contributed by atoms with Crippen molar-refractivity contribution in [3.8, 4) is 0 Å². The minimum absolute atomic E-state index is 0.236. The van der Waals surface area contributed by atoms with Crippen LogP contribution in [0, 0.1) is 0 Å². The molecular formula is C17H26N2O2S2. The highest BCUT2D eigenvalue weighted by molar-refractivity contribution is 7.80. The van der Waals surface area contributed by atoms with E-state index >= 15 is 0 Å². The van der Waals surface area contributed by atoms with Crippen LogP contribution in [0.15, 0.2) is 0 Å². The van der Waals surface area contributed by atoms with Crippen molar-refractivity contribution >= 4 is 39.6 Å². The minimum Gasteiger partial charge on any atom is -0.462 e. The SMILES string of the molecule is CCOC(=O)c1c(NC(=S)NC(C)C)sc2c1CCCCCC2. The Morgan fingerprint density at radius 2 is 1.96 bits per heavy atom. The molecule has 0 bridgehead atoms. The first kappa shape index (κ1) is 18.2. The van der Waals surface area contributed by atoms with Gasteiger partial charge < -0.3 is 15.4 Å². The second-order valence-corrected chi connectivity index (χ2v) is 7.61. The summed E-state index contributed by atoms with van der Waals surface area (Å²) in [6.07, 6.45) is 6.80. The van der Waals surface area contributed by atoms with Crippen LogP contribution in [0.4, 0.5) is 5.00 Å². The summed E-state index contributed by atoms with van der Waals surface area (Å²) in [4.78, 5) is 13.8. The molecule has 0 atom stereocenters. The van der Waals surface area contributed by atoms with Gasteiger partial charge in [-0.25, -0.2) is 4.79 Å². The van der Waals surface area contributed by atoms with Crippen LogP contribution in [0.3, 0.4) is 0 Å². The van der Waals surface area contributed by atoms with E-state index in [1.165, 1.54) is 29.7 Å². The average Bonchev–Trinajstić information content (AvgIpc) is 2.75. The second kappa shape index (κ2) is 8.64. The van der Waals surface area contributed by atoms with Gasteiger partial charge in [0, 0.05) is 10.9 Å². The number of thiocarbonyl (C=S) groups is 1. The van der Waals surface area contributed by atoms with Crippen molar-refractivity contribution in [3.63, 3.8) is 0 Å². The number of hydrogen-bond donors (Lipinski definition) is 2. The van der Waals surface area contributed by atoms with Crippen LogP contribution in [0.1, 0.15) is 67.3 Å². The van der Waals surface area contributed by atoms with E-state index in [0.717, 1.165) is 24.3 Å². The summed E-state index contributed by atoms with van der Waals surface area (Å²) in [5, 5.41) is 7.77. The van der Waals surface area contributed by atoms with E-state index in [0.29, 0.717) is 17.3 Å². The number of hydrogen-bond acceptors (Lipinski definition) is 4. The van der Waals surface area contributed by atoms with Gasteiger partial charge in [-0.15, -0.1) is 11.3 Å². The van der Waals surface area contributed by atoms with E-state index in [9.17, 15) is 4.79 Å². The Morgan fingerprint density at radius 1 is 1.26 bits per heavy atom. The van der Waals surface area contributed by atoms with Gasteiger partial charge in [0.05, 0.1) is 12.2 Å². The molecule has 1 aliphatic rings. The number of ether oxygens (including phenoxy) is 1. The number of carbonyl (C=O) groups excluding carboxylic acids is 1. The molecule has 0 spiro atoms. The topological polar surface area (TPSA) is 50.4 Å². The normalized spacial score (nSPS) is 14.6. The molecule has 2 N–H and O–H groups in total. The summed E-state index contributed by atoms with van der Waals surface area (Å²) < 4.78 is 5.29. The molecule has 0 radical (unpaired) electrons. The molecule has 0 aromatic carbocycles. The largest absolute Gasteiger partial charge is 0.462 e. The molecular weight excluding hydrogens is 328 g/mol. The number of esters is 1. The van der Waals surface area contributed by atoms with Crippen LogP contribution >= 0.6 is 23.6 Å². The zero-order chi connectivity index (χ0) is 16.8. The highest BCUT2D eigenvalue weighted by atomic mass is 32.1. The zero-order valence-electron chi connectivity index (χ0n) is 14.2. The lowest BCUT2D eigenvalue weighted by atomic mass is 9.96. The van der Waals surface area contributed by atoms with Crippen LogP contribution in [-0.2, 0) is 17.6 Å². The van der Waals surface area contributed by atoms with Crippen LogP contribution < -0.4 is 10.6 Å². The fourth-order valence-electron chi connectivity index (χ4n) is 2.83. The summed E-state index contributed by atoms with van der Waals surface area (Å²) in [6.45, 7) is 6.30. The predicted octanol–water partition coefficient (Wildman–Crippen LogP) is 4.28. The summed E-state index contributed by atoms with van der Waals surface area (Å²) in [5.74, 6) is -0.236. The predicted molar refractivity (Wildman–Crippen MR) is 101 cm³/mol. The smallest absolute Gasteiger partial charge is 0.341 e. The molecule has 0 saturated heterocycles. The molecule has 0 aliphatic heterocycles. The number of thiophene rings is 1. The molecule has 128 valence electrons. The Kier molecular flexibility index (Phi) is 6.84. The third-order valence-corrected chi connectivity index (χ3v) is 5.22. The van der Waals surface area contributed by atoms with Gasteiger partial charge in [0.15, 0.2) is 5.11 Å². The van der Waals surface area contributed by atoms with Gasteiger partial charge in [-0.2, -0.15) is 0 Å². The van der Waals surface area contributed by atoms with Crippen LogP contribution in [0.25, 0.3) is 0 Å². The quantitative estimate of drug-likeness (QED) is 0.624. The van der Waals surface area contributed by atoms with Crippen LogP contribution in [0.5, 0.6) is 0 Å². The van der Waals surface area contributed by atoms with Gasteiger partial charge in [-0.1, -0.05) is 12.8 Å². The van der Waals surface area contributed by atoms with E-state index in [-0.39, 0.29) is 12.0 Å². The fraction of sp³-hybridized carbons (Fsp3) is 0.647. The molecule has 0 fully saturated rings. The molecule has 1 aromatic rings. The van der Waals surface area contributed by atoms with E-state index in [1.54, 1.807) is 11.3 Å². The third kappa shape index (κ3) is 4.91. The van der Waals surface area contributed by atoms with Crippen molar-refractivity contribution in [2.45, 2.75) is 65.3 Å². The van der Waals surface area contributed by atoms with E-state index in [4.69, 9.17) is 17.0 Å². The first-order valence-corrected chi connectivity index (χ1v) is 9.64. The van der Waals surface area contributed by atoms with Crippen molar-refractivity contribution < 1.29 is 9.53 Å². The average molecular weight is 355 g/mol. The van der Waals surface area contributed by atoms with Gasteiger partial charge in [0.1, 0.15) is 5.00 Å². The van der Waals surface area contributed by atoms with Gasteiger partial charge in [0.25, 0.3) is 0 Å². The molecule has 6 heteroatoms. The molecule has 0 saturated carbocycles. The number of nitrogens with one attached hydrogen (secondary N) is 2. The zero-order valence-corrected chi connectivity index (χ0v) is 15.8. The Labute approximate surface area is 148 Å². The summed E-state index contributed by atoms with van der Waals surface area (Å²) in [7, 11) is 0. The van der Waals surface area contributed by atoms with Gasteiger partial charge in [-0.3, -0.25) is 0 Å². The van der Waals surface area contributed by atoms with Crippen molar-refractivity contribution in [3.05, 3.63) is 16.0 Å². The van der Waals surface area contributed by atoms with Gasteiger partial charge in [0.2, 0.25) is 0 Å². The maximum atomic E-state index is 12.5. The highest BCUT2D eigenvalue weighted by Gasteiger charge is 2.25. The Morgan fingerprint density at radius 3 is 2.61 bits per heavy atom. The Balaban J connectivity index is 2.33. The highest BCUT2D eigenvalue weighted by Crippen LogP contribution is 2.37. The van der Waals surface area contributed by atoms with Crippen molar-refractivity contribution in [2.75, 3.05) is 11.9 Å². The lowest BCUT2D eigenvalue weighted by Crippen LogP contribution is -2.34. The molecule has 1 aliphatic carbocycles. The first-order valence-electron chi connectivity index (χ1n) is 8.42. The third-order valence-electron chi connectivity index (χ3n) is 3.80. The molecule has 0 amide bonds. The first-order chi connectivity index (χ1) is 11.0. The molecule has 1 aromatic heterocycles. The van der Waals surface area contributed by atoms with Crippen molar-refractivity contribution in [1.29, 1.82) is 0 Å². The lowest BCUT2D eigenvalue weighted by molar-refractivity contribution is 0.0526. The number of rotatable bonds is 4. The monoisotopic (exact) mass is 354 g/mol. The Bertz CT molecular complexity index is 567. The summed E-state index contributed by atoms with van der Waals surface area (Å²) in [6, 6.07) is 0.252. The van der Waals surface area contributed by atoms with E-state index in [1.807, 2.05) is 20.8 Å². The number of aryl methyl sites for hydroxylation is 1. The number of fused-ring (bicyclic) bond motifs is 1. The summed E-state index contributed by atoms with van der Waals surface area (Å²) in [5.41, 5.74) is 1.87. The van der Waals surface area contributed by atoms with Crippen molar-refractivity contribution in [2.24, 2.45) is 0 Å². The van der Waals surface area contributed by atoms with Crippen LogP contribution in [-0.4, -0.2) is 23.7 Å². The van der Waals surface area contributed by atoms with Gasteiger partial charge >= 0.3 is 5.97 Å². The maximum Gasteiger partial charge on any atom is 0.341 e. The Hall–Kier alpha value is -1.14. The van der Waals surface area contributed by atoms with Crippen molar-refractivity contribution in [1.82, 2.24) is 5.32 Å². The van der Waals surface area contributed by atoms with E-state index in [2.05, 4.69) is 10.6 Å². The van der Waals surface area contributed by atoms with Gasteiger partial charge in [-0.05, 0) is 64.2 Å². The van der Waals surface area contributed by atoms with Crippen LogP contribution in [0.2, 0.25) is 0 Å². The fourth-order valence-corrected chi connectivity index (χ4v) is 4.51. The molecule has 4 nitrogen and oxygen atoms in total. The van der Waals surface area contributed by atoms with E-state index < -0.39 is 0 Å². The minimum atomic E-state index is -0.236.